The summed E-state index contributed by atoms with van der Waals surface area (Å²) in [6.45, 7) is 1.97. The van der Waals surface area contributed by atoms with Crippen molar-refractivity contribution in [3.63, 3.8) is 0 Å². The van der Waals surface area contributed by atoms with Crippen molar-refractivity contribution in [1.82, 2.24) is 9.88 Å². The Morgan fingerprint density at radius 1 is 1.22 bits per heavy atom. The minimum atomic E-state index is -0.168. The van der Waals surface area contributed by atoms with Gasteiger partial charge in [-0.1, -0.05) is 30.3 Å². The molecule has 1 aliphatic heterocycles. The van der Waals surface area contributed by atoms with E-state index in [-0.39, 0.29) is 12.5 Å². The van der Waals surface area contributed by atoms with Crippen molar-refractivity contribution in [3.8, 4) is 0 Å². The number of carbonyl (C=O) groups excluding carboxylic acids is 1. The van der Waals surface area contributed by atoms with Crippen LogP contribution < -0.4 is 4.90 Å². The van der Waals surface area contributed by atoms with E-state index >= 15 is 0 Å². The lowest BCUT2D eigenvalue weighted by Crippen LogP contribution is -2.33. The summed E-state index contributed by atoms with van der Waals surface area (Å²) in [5.74, 6) is 0.654. The van der Waals surface area contributed by atoms with Gasteiger partial charge in [-0.2, -0.15) is 0 Å². The second-order valence-electron chi connectivity index (χ2n) is 5.77. The van der Waals surface area contributed by atoms with Gasteiger partial charge in [-0.05, 0) is 29.7 Å². The number of benzene rings is 1. The second-order valence-corrected chi connectivity index (χ2v) is 5.77. The third-order valence-corrected chi connectivity index (χ3v) is 4.19. The monoisotopic (exact) mass is 311 g/mol. The zero-order chi connectivity index (χ0) is 16.2. The van der Waals surface area contributed by atoms with Crippen LogP contribution in [0.4, 0.5) is 5.82 Å². The van der Waals surface area contributed by atoms with Crippen molar-refractivity contribution in [2.75, 3.05) is 31.6 Å². The van der Waals surface area contributed by atoms with Gasteiger partial charge in [0.25, 0.3) is 5.91 Å². The molecule has 0 saturated carbocycles. The Morgan fingerprint density at radius 2 is 2.00 bits per heavy atom. The number of carbonyl (C=O) groups is 1. The molecule has 5 heteroatoms. The predicted molar refractivity (Wildman–Crippen MR) is 89.5 cm³/mol. The Bertz CT molecular complexity index is 702. The molecule has 2 heterocycles. The number of aliphatic hydroxyl groups excluding tert-OH is 1. The lowest BCUT2D eigenvalue weighted by atomic mass is 10.00. The van der Waals surface area contributed by atoms with Crippen LogP contribution in [0.25, 0.3) is 0 Å². The minimum absolute atomic E-state index is 0.0508. The summed E-state index contributed by atoms with van der Waals surface area (Å²) in [6.07, 6.45) is 0.987. The lowest BCUT2D eigenvalue weighted by Gasteiger charge is -2.30. The number of pyridine rings is 1. The first-order chi connectivity index (χ1) is 11.2. The summed E-state index contributed by atoms with van der Waals surface area (Å²) in [6, 6.07) is 14.0. The molecular weight excluding hydrogens is 290 g/mol. The number of amides is 1. The third-order valence-electron chi connectivity index (χ3n) is 4.19. The standard InChI is InChI=1S/C18H21N3O2/c1-20(11-12-22)18(23)16-7-4-8-17(19-16)21-10-9-14-5-2-3-6-15(14)13-21/h2-8,22H,9-13H2,1H3. The second kappa shape index (κ2) is 6.79. The third kappa shape index (κ3) is 3.35. The maximum absolute atomic E-state index is 12.3. The van der Waals surface area contributed by atoms with Crippen molar-refractivity contribution in [2.24, 2.45) is 0 Å². The fourth-order valence-corrected chi connectivity index (χ4v) is 2.86. The Balaban J connectivity index is 1.80. The van der Waals surface area contributed by atoms with Gasteiger partial charge in [0.15, 0.2) is 0 Å². The largest absolute Gasteiger partial charge is 0.395 e. The van der Waals surface area contributed by atoms with E-state index in [0.717, 1.165) is 25.3 Å². The smallest absolute Gasteiger partial charge is 0.272 e. The molecule has 0 spiro atoms. The Kier molecular flexibility index (Phi) is 4.57. The van der Waals surface area contributed by atoms with E-state index < -0.39 is 0 Å². The molecule has 1 N–H and O–H groups in total. The predicted octanol–water partition coefficient (Wildman–Crippen LogP) is 1.71. The van der Waals surface area contributed by atoms with Crippen molar-refractivity contribution in [2.45, 2.75) is 13.0 Å². The van der Waals surface area contributed by atoms with E-state index in [9.17, 15) is 4.79 Å². The first kappa shape index (κ1) is 15.5. The highest BCUT2D eigenvalue weighted by Crippen LogP contribution is 2.23. The molecule has 23 heavy (non-hydrogen) atoms. The number of hydrogen-bond donors (Lipinski definition) is 1. The summed E-state index contributed by atoms with van der Waals surface area (Å²) in [5.41, 5.74) is 3.12. The van der Waals surface area contributed by atoms with E-state index in [1.54, 1.807) is 13.1 Å². The van der Waals surface area contributed by atoms with Gasteiger partial charge in [0, 0.05) is 26.7 Å². The number of rotatable bonds is 4. The maximum atomic E-state index is 12.3. The van der Waals surface area contributed by atoms with Gasteiger partial charge in [-0.25, -0.2) is 4.98 Å². The van der Waals surface area contributed by atoms with Gasteiger partial charge < -0.3 is 14.9 Å². The molecule has 5 nitrogen and oxygen atoms in total. The molecular formula is C18H21N3O2. The van der Waals surface area contributed by atoms with Crippen LogP contribution in [0.2, 0.25) is 0 Å². The molecule has 0 unspecified atom stereocenters. The highest BCUT2D eigenvalue weighted by molar-refractivity contribution is 5.92. The Hall–Kier alpha value is -2.40. The van der Waals surface area contributed by atoms with E-state index in [0.29, 0.717) is 12.2 Å². The number of nitrogens with zero attached hydrogens (tertiary/aromatic N) is 3. The van der Waals surface area contributed by atoms with E-state index in [1.165, 1.54) is 16.0 Å². The Morgan fingerprint density at radius 3 is 2.78 bits per heavy atom. The van der Waals surface area contributed by atoms with Crippen LogP contribution in [-0.2, 0) is 13.0 Å². The summed E-state index contributed by atoms with van der Waals surface area (Å²) >= 11 is 0. The number of aliphatic hydroxyl groups is 1. The SMILES string of the molecule is CN(CCO)C(=O)c1cccc(N2CCc3ccccc3C2)n1. The zero-order valence-corrected chi connectivity index (χ0v) is 13.3. The minimum Gasteiger partial charge on any atom is -0.395 e. The van der Waals surface area contributed by atoms with E-state index in [1.807, 2.05) is 12.1 Å². The lowest BCUT2D eigenvalue weighted by molar-refractivity contribution is 0.0761. The number of anilines is 1. The van der Waals surface area contributed by atoms with Crippen molar-refractivity contribution < 1.29 is 9.90 Å². The topological polar surface area (TPSA) is 56.7 Å². The van der Waals surface area contributed by atoms with Crippen molar-refractivity contribution in [1.29, 1.82) is 0 Å². The van der Waals surface area contributed by atoms with Gasteiger partial charge in [0.05, 0.1) is 6.61 Å². The molecule has 2 aromatic rings. The molecule has 1 aromatic carbocycles. The van der Waals surface area contributed by atoms with Crippen LogP contribution in [0.1, 0.15) is 21.6 Å². The maximum Gasteiger partial charge on any atom is 0.272 e. The molecule has 1 aliphatic rings. The molecule has 0 radical (unpaired) electrons. The first-order valence-corrected chi connectivity index (χ1v) is 7.84. The van der Waals surface area contributed by atoms with Crippen LogP contribution in [-0.4, -0.2) is 47.6 Å². The fourth-order valence-electron chi connectivity index (χ4n) is 2.86. The van der Waals surface area contributed by atoms with Crippen LogP contribution in [0.3, 0.4) is 0 Å². The number of fused-ring (bicyclic) bond motifs is 1. The number of likely N-dealkylation sites (N-methyl/N-ethyl adjacent to an activating group) is 1. The van der Waals surface area contributed by atoms with Crippen LogP contribution in [0.5, 0.6) is 0 Å². The van der Waals surface area contributed by atoms with E-state index in [2.05, 4.69) is 34.1 Å². The van der Waals surface area contributed by atoms with Crippen LogP contribution >= 0.6 is 0 Å². The van der Waals surface area contributed by atoms with Crippen molar-refractivity contribution >= 4 is 11.7 Å². The quantitative estimate of drug-likeness (QED) is 0.934. The Labute approximate surface area is 136 Å². The number of aromatic nitrogens is 1. The number of hydrogen-bond acceptors (Lipinski definition) is 4. The van der Waals surface area contributed by atoms with Gasteiger partial charge in [0.1, 0.15) is 11.5 Å². The van der Waals surface area contributed by atoms with Crippen LogP contribution in [0.15, 0.2) is 42.5 Å². The van der Waals surface area contributed by atoms with Crippen LogP contribution in [0, 0.1) is 0 Å². The molecule has 0 bridgehead atoms. The molecule has 1 aromatic heterocycles. The van der Waals surface area contributed by atoms with Gasteiger partial charge in [0.2, 0.25) is 0 Å². The molecule has 0 fully saturated rings. The van der Waals surface area contributed by atoms with Crippen molar-refractivity contribution in [3.05, 3.63) is 59.3 Å². The van der Waals surface area contributed by atoms with Gasteiger partial charge >= 0.3 is 0 Å². The normalized spacial score (nSPS) is 13.6. The van der Waals surface area contributed by atoms with E-state index in [4.69, 9.17) is 5.11 Å². The summed E-state index contributed by atoms with van der Waals surface area (Å²) in [5, 5.41) is 8.96. The summed E-state index contributed by atoms with van der Waals surface area (Å²) < 4.78 is 0. The zero-order valence-electron chi connectivity index (χ0n) is 13.3. The molecule has 1 amide bonds. The molecule has 0 atom stereocenters. The van der Waals surface area contributed by atoms with Gasteiger partial charge in [-0.3, -0.25) is 4.79 Å². The first-order valence-electron chi connectivity index (χ1n) is 7.84. The highest BCUT2D eigenvalue weighted by atomic mass is 16.3. The molecule has 120 valence electrons. The molecule has 0 saturated heterocycles. The summed E-state index contributed by atoms with van der Waals surface area (Å²) in [7, 11) is 1.67. The van der Waals surface area contributed by atoms with Gasteiger partial charge in [-0.15, -0.1) is 0 Å². The average Bonchev–Trinajstić information content (AvgIpc) is 2.61. The molecule has 0 aliphatic carbocycles. The average molecular weight is 311 g/mol. The fraction of sp³-hybridized carbons (Fsp3) is 0.333. The highest BCUT2D eigenvalue weighted by Gasteiger charge is 2.19. The summed E-state index contributed by atoms with van der Waals surface area (Å²) in [4.78, 5) is 20.5. The molecule has 3 rings (SSSR count).